The molecule has 154 valence electrons. The number of benzene rings is 1. The van der Waals surface area contributed by atoms with Crippen LogP contribution >= 0.6 is 0 Å². The summed E-state index contributed by atoms with van der Waals surface area (Å²) in [5.74, 6) is -2.14. The third kappa shape index (κ3) is 5.26. The van der Waals surface area contributed by atoms with Crippen molar-refractivity contribution in [3.8, 4) is 0 Å². The van der Waals surface area contributed by atoms with E-state index in [1.54, 1.807) is 4.90 Å². The zero-order chi connectivity index (χ0) is 20.8. The van der Waals surface area contributed by atoms with Crippen LogP contribution in [0.2, 0.25) is 0 Å². The summed E-state index contributed by atoms with van der Waals surface area (Å²) in [6.45, 7) is 7.24. The van der Waals surface area contributed by atoms with E-state index < -0.39 is 23.7 Å². The van der Waals surface area contributed by atoms with Crippen LogP contribution in [-0.2, 0) is 19.1 Å². The average Bonchev–Trinajstić information content (AvgIpc) is 2.61. The van der Waals surface area contributed by atoms with E-state index in [9.17, 15) is 18.8 Å². The Morgan fingerprint density at radius 2 is 2.11 bits per heavy atom. The van der Waals surface area contributed by atoms with Crippen LogP contribution in [0, 0.1) is 11.7 Å². The van der Waals surface area contributed by atoms with Crippen LogP contribution in [0.1, 0.15) is 20.8 Å². The predicted molar refractivity (Wildman–Crippen MR) is 103 cm³/mol. The lowest BCUT2D eigenvalue weighted by Gasteiger charge is -2.29. The summed E-state index contributed by atoms with van der Waals surface area (Å²) in [5, 5.41) is 2.54. The van der Waals surface area contributed by atoms with E-state index >= 15 is 0 Å². The van der Waals surface area contributed by atoms with Crippen molar-refractivity contribution in [1.29, 1.82) is 0 Å². The number of rotatable bonds is 8. The highest BCUT2D eigenvalue weighted by atomic mass is 19.1. The maximum atomic E-state index is 14.5. The van der Waals surface area contributed by atoms with E-state index in [-0.39, 0.29) is 36.4 Å². The van der Waals surface area contributed by atoms with E-state index in [1.807, 2.05) is 20.8 Å². The van der Waals surface area contributed by atoms with Gasteiger partial charge < -0.3 is 20.7 Å². The van der Waals surface area contributed by atoms with E-state index in [0.717, 1.165) is 6.07 Å². The van der Waals surface area contributed by atoms with Gasteiger partial charge in [0.2, 0.25) is 5.91 Å². The number of hydrogen-bond acceptors (Lipinski definition) is 5. The summed E-state index contributed by atoms with van der Waals surface area (Å²) < 4.78 is 19.6. The highest BCUT2D eigenvalue weighted by molar-refractivity contribution is 6.09. The number of carbonyl (C=O) groups excluding carboxylic acids is 3. The molecule has 1 atom stereocenters. The Hall–Kier alpha value is -2.52. The lowest BCUT2D eigenvalue weighted by molar-refractivity contribution is -0.132. The van der Waals surface area contributed by atoms with Crippen molar-refractivity contribution in [1.82, 2.24) is 4.90 Å². The van der Waals surface area contributed by atoms with Crippen molar-refractivity contribution in [2.45, 2.75) is 26.8 Å². The molecule has 3 N–H and O–H groups in total. The first-order chi connectivity index (χ1) is 13.2. The fourth-order valence-corrected chi connectivity index (χ4v) is 3.15. The largest absolute Gasteiger partial charge is 0.370 e. The summed E-state index contributed by atoms with van der Waals surface area (Å²) in [6.07, 6.45) is 0. The van der Waals surface area contributed by atoms with Crippen LogP contribution in [0.3, 0.4) is 0 Å². The van der Waals surface area contributed by atoms with Crippen molar-refractivity contribution in [3.63, 3.8) is 0 Å². The van der Waals surface area contributed by atoms with E-state index in [4.69, 9.17) is 10.5 Å². The Morgan fingerprint density at radius 3 is 2.64 bits per heavy atom. The van der Waals surface area contributed by atoms with Gasteiger partial charge in [-0.15, -0.1) is 0 Å². The zero-order valence-electron chi connectivity index (χ0n) is 16.4. The lowest BCUT2D eigenvalue weighted by atomic mass is 10.1. The first-order valence-corrected chi connectivity index (χ1v) is 9.26. The second-order valence-corrected chi connectivity index (χ2v) is 7.04. The Kier molecular flexibility index (Phi) is 7.47. The van der Waals surface area contributed by atoms with Crippen molar-refractivity contribution < 1.29 is 23.5 Å². The van der Waals surface area contributed by atoms with Gasteiger partial charge in [-0.3, -0.25) is 19.3 Å². The number of amides is 3. The van der Waals surface area contributed by atoms with Crippen LogP contribution < -0.4 is 16.0 Å². The van der Waals surface area contributed by atoms with Crippen LogP contribution in [0.4, 0.5) is 15.8 Å². The molecule has 0 unspecified atom stereocenters. The third-order valence-electron chi connectivity index (χ3n) is 4.38. The second-order valence-electron chi connectivity index (χ2n) is 7.04. The van der Waals surface area contributed by atoms with E-state index in [2.05, 4.69) is 5.32 Å². The average molecular weight is 394 g/mol. The van der Waals surface area contributed by atoms with Gasteiger partial charge in [0.25, 0.3) is 11.8 Å². The molecule has 8 nitrogen and oxygen atoms in total. The Labute approximate surface area is 163 Å². The molecular weight excluding hydrogens is 367 g/mol. The van der Waals surface area contributed by atoms with Gasteiger partial charge in [-0.1, -0.05) is 20.8 Å². The monoisotopic (exact) mass is 394 g/mol. The molecule has 28 heavy (non-hydrogen) atoms. The number of nitrogens with one attached hydrogen (secondary N) is 1. The van der Waals surface area contributed by atoms with Gasteiger partial charge in [0.05, 0.1) is 12.3 Å². The van der Waals surface area contributed by atoms with Crippen LogP contribution in [0.25, 0.3) is 0 Å². The highest BCUT2D eigenvalue weighted by Crippen LogP contribution is 2.24. The Balaban J connectivity index is 2.16. The van der Waals surface area contributed by atoms with Crippen LogP contribution in [0.5, 0.6) is 0 Å². The van der Waals surface area contributed by atoms with E-state index in [1.165, 1.54) is 17.0 Å². The highest BCUT2D eigenvalue weighted by Gasteiger charge is 2.31. The molecule has 1 aliphatic rings. The van der Waals surface area contributed by atoms with E-state index in [0.29, 0.717) is 19.7 Å². The quantitative estimate of drug-likeness (QED) is 0.639. The maximum absolute atomic E-state index is 14.5. The molecule has 1 fully saturated rings. The number of hydrogen-bond donors (Lipinski definition) is 2. The summed E-state index contributed by atoms with van der Waals surface area (Å²) in [7, 11) is 0. The number of anilines is 2. The van der Waals surface area contributed by atoms with Crippen molar-refractivity contribution in [2.24, 2.45) is 11.7 Å². The van der Waals surface area contributed by atoms with Crippen LogP contribution in [0.15, 0.2) is 18.2 Å². The molecule has 1 aromatic rings. The molecule has 1 heterocycles. The molecule has 0 aliphatic carbocycles. The maximum Gasteiger partial charge on any atom is 0.253 e. The Morgan fingerprint density at radius 1 is 1.39 bits per heavy atom. The summed E-state index contributed by atoms with van der Waals surface area (Å²) in [6, 6.07) is 2.86. The second kappa shape index (κ2) is 9.61. The number of morpholine rings is 1. The Bertz CT molecular complexity index is 741. The third-order valence-corrected chi connectivity index (χ3v) is 4.38. The minimum Gasteiger partial charge on any atom is -0.370 e. The standard InChI is InChI=1S/C19H27FN4O4/c1-4-23(10-12(2)3)17(18(21)26)19(27)22-13-5-6-15(14(20)9-13)24-7-8-28-11-16(24)25/h5-6,9,12,17H,4,7-8,10-11H2,1-3H3,(H2,21,26)(H,22,27)/t17-/m1/s1. The molecule has 0 aromatic heterocycles. The predicted octanol–water partition coefficient (Wildman–Crippen LogP) is 0.959. The van der Waals surface area contributed by atoms with Gasteiger partial charge in [0.15, 0.2) is 6.04 Å². The molecule has 0 saturated carbocycles. The lowest BCUT2D eigenvalue weighted by Crippen LogP contribution is -2.53. The summed E-state index contributed by atoms with van der Waals surface area (Å²) >= 11 is 0. The minimum absolute atomic E-state index is 0.0963. The topological polar surface area (TPSA) is 105 Å². The normalized spacial score (nSPS) is 15.8. The minimum atomic E-state index is -1.16. The molecular formula is C19H27FN4O4. The number of nitrogens with two attached hydrogens (primary N) is 1. The van der Waals surface area contributed by atoms with Crippen molar-refractivity contribution in [2.75, 3.05) is 43.1 Å². The van der Waals surface area contributed by atoms with Gasteiger partial charge in [0, 0.05) is 18.8 Å². The molecule has 0 radical (unpaired) electrons. The number of halogens is 1. The molecule has 2 rings (SSSR count). The molecule has 9 heteroatoms. The molecule has 1 aromatic carbocycles. The fraction of sp³-hybridized carbons (Fsp3) is 0.526. The van der Waals surface area contributed by atoms with Gasteiger partial charge in [-0.25, -0.2) is 4.39 Å². The van der Waals surface area contributed by atoms with Crippen LogP contribution in [-0.4, -0.2) is 61.5 Å². The van der Waals surface area contributed by atoms with Crippen molar-refractivity contribution >= 4 is 29.1 Å². The zero-order valence-corrected chi connectivity index (χ0v) is 16.4. The smallest absolute Gasteiger partial charge is 0.253 e. The molecule has 1 aliphatic heterocycles. The fourth-order valence-electron chi connectivity index (χ4n) is 3.15. The first-order valence-electron chi connectivity index (χ1n) is 9.26. The number of likely N-dealkylation sites (N-methyl/N-ethyl adjacent to an activating group) is 1. The van der Waals surface area contributed by atoms with Crippen molar-refractivity contribution in [3.05, 3.63) is 24.0 Å². The summed E-state index contributed by atoms with van der Waals surface area (Å²) in [4.78, 5) is 39.4. The number of ether oxygens (including phenoxy) is 1. The molecule has 1 saturated heterocycles. The molecule has 0 spiro atoms. The number of carbonyl (C=O) groups is 3. The number of nitrogens with zero attached hydrogens (tertiary/aromatic N) is 2. The van der Waals surface area contributed by atoms with Gasteiger partial charge in [0.1, 0.15) is 12.4 Å². The molecule has 0 bridgehead atoms. The van der Waals surface area contributed by atoms with Gasteiger partial charge in [-0.05, 0) is 30.7 Å². The van der Waals surface area contributed by atoms with Gasteiger partial charge >= 0.3 is 0 Å². The number of primary amides is 1. The van der Waals surface area contributed by atoms with Gasteiger partial charge in [-0.2, -0.15) is 0 Å². The summed E-state index contributed by atoms with van der Waals surface area (Å²) in [5.41, 5.74) is 5.74. The SMILES string of the molecule is CCN(CC(C)C)[C@H](C(N)=O)C(=O)Nc1ccc(N2CCOCC2=O)c(F)c1. The molecule has 3 amide bonds. The first kappa shape index (κ1) is 21.8.